The fourth-order valence-electron chi connectivity index (χ4n) is 3.76. The quantitative estimate of drug-likeness (QED) is 0.225. The molecule has 1 amide bonds. The number of carbonyl (C=O) groups excluding carboxylic acids is 1. The molecule has 7 nitrogen and oxygen atoms in total. The van der Waals surface area contributed by atoms with Crippen LogP contribution >= 0.6 is 11.8 Å². The van der Waals surface area contributed by atoms with E-state index in [1.54, 1.807) is 18.0 Å². The molecule has 0 saturated carbocycles. The maximum Gasteiger partial charge on any atom is 0.237 e. The van der Waals surface area contributed by atoms with E-state index in [9.17, 15) is 4.79 Å². The Hall–Kier alpha value is -4.17. The first-order valence-corrected chi connectivity index (χ1v) is 12.1. The number of aromatic nitrogens is 4. The second-order valence-electron chi connectivity index (χ2n) is 7.76. The highest BCUT2D eigenvalue weighted by molar-refractivity contribution is 8.00. The minimum absolute atomic E-state index is 0.000591. The Bertz CT molecular complexity index is 1420. The van der Waals surface area contributed by atoms with Crippen LogP contribution in [0.4, 0.5) is 5.69 Å². The maximum atomic E-state index is 13.4. The lowest BCUT2D eigenvalue weighted by atomic mass is 10.2. The van der Waals surface area contributed by atoms with E-state index in [-0.39, 0.29) is 11.7 Å². The Morgan fingerprint density at radius 3 is 2.37 bits per heavy atom. The van der Waals surface area contributed by atoms with Crippen LogP contribution in [0.1, 0.15) is 5.56 Å². The van der Waals surface area contributed by atoms with Gasteiger partial charge in [0.15, 0.2) is 5.65 Å². The van der Waals surface area contributed by atoms with Crippen LogP contribution in [0.5, 0.6) is 5.75 Å². The summed E-state index contributed by atoms with van der Waals surface area (Å²) in [6, 6.07) is 27.3. The maximum absolute atomic E-state index is 13.4. The summed E-state index contributed by atoms with van der Waals surface area (Å²) in [5.74, 6) is 1.01. The van der Waals surface area contributed by atoms with E-state index in [2.05, 4.69) is 15.1 Å². The van der Waals surface area contributed by atoms with E-state index < -0.39 is 0 Å². The van der Waals surface area contributed by atoms with Crippen LogP contribution in [0, 0.1) is 0 Å². The van der Waals surface area contributed by atoms with Gasteiger partial charge in [-0.1, -0.05) is 60.3 Å². The number of hydrogen-bond acceptors (Lipinski definition) is 6. The molecule has 0 unspecified atom stereocenters. The van der Waals surface area contributed by atoms with Crippen LogP contribution in [0.25, 0.3) is 16.7 Å². The monoisotopic (exact) mass is 481 g/mol. The zero-order valence-electron chi connectivity index (χ0n) is 19.1. The molecule has 0 N–H and O–H groups in total. The van der Waals surface area contributed by atoms with Gasteiger partial charge in [-0.3, -0.25) is 4.79 Å². The van der Waals surface area contributed by atoms with Gasteiger partial charge in [-0.05, 0) is 42.0 Å². The van der Waals surface area contributed by atoms with E-state index in [1.807, 2.05) is 89.8 Å². The second-order valence-corrected chi connectivity index (χ2v) is 8.72. The van der Waals surface area contributed by atoms with Crippen molar-refractivity contribution < 1.29 is 9.53 Å². The lowest BCUT2D eigenvalue weighted by Crippen LogP contribution is -2.31. The van der Waals surface area contributed by atoms with E-state index in [4.69, 9.17) is 4.74 Å². The molecule has 0 atom stereocenters. The summed E-state index contributed by atoms with van der Waals surface area (Å²) in [6.07, 6.45) is 3.25. The first-order valence-electron chi connectivity index (χ1n) is 11.1. The highest BCUT2D eigenvalue weighted by Gasteiger charge is 2.18. The summed E-state index contributed by atoms with van der Waals surface area (Å²) in [5, 5.41) is 6.03. The standard InChI is InChI=1S/C27H23N5O2S/c1-34-23-14-12-22(13-15-23)32-26-24(16-30-32)27(29-19-28-26)35-18-25(33)31(21-10-6-3-7-11-21)17-20-8-4-2-5-9-20/h2-16,19H,17-18H2,1H3. The molecule has 174 valence electrons. The Balaban J connectivity index is 1.37. The summed E-state index contributed by atoms with van der Waals surface area (Å²) >= 11 is 1.39. The third-order valence-electron chi connectivity index (χ3n) is 5.53. The van der Waals surface area contributed by atoms with Gasteiger partial charge in [0.2, 0.25) is 5.91 Å². The lowest BCUT2D eigenvalue weighted by Gasteiger charge is -2.23. The molecule has 5 rings (SSSR count). The summed E-state index contributed by atoms with van der Waals surface area (Å²) in [7, 11) is 1.63. The van der Waals surface area contributed by atoms with Crippen molar-refractivity contribution in [1.82, 2.24) is 19.7 Å². The first-order chi connectivity index (χ1) is 17.2. The summed E-state index contributed by atoms with van der Waals surface area (Å²) < 4.78 is 7.00. The van der Waals surface area contributed by atoms with Gasteiger partial charge in [-0.2, -0.15) is 5.10 Å². The largest absolute Gasteiger partial charge is 0.497 e. The van der Waals surface area contributed by atoms with Gasteiger partial charge < -0.3 is 9.64 Å². The smallest absolute Gasteiger partial charge is 0.237 e. The molecule has 0 fully saturated rings. The topological polar surface area (TPSA) is 73.1 Å². The van der Waals surface area contributed by atoms with Crippen molar-refractivity contribution in [3.05, 3.63) is 103 Å². The van der Waals surface area contributed by atoms with Crippen LogP contribution < -0.4 is 9.64 Å². The molecule has 0 aliphatic heterocycles. The van der Waals surface area contributed by atoms with E-state index >= 15 is 0 Å². The number of ether oxygens (including phenoxy) is 1. The number of carbonyl (C=O) groups is 1. The summed E-state index contributed by atoms with van der Waals surface area (Å²) in [6.45, 7) is 0.499. The van der Waals surface area contributed by atoms with Crippen molar-refractivity contribution in [1.29, 1.82) is 0 Å². The van der Waals surface area contributed by atoms with Crippen LogP contribution in [-0.2, 0) is 11.3 Å². The molecule has 3 aromatic carbocycles. The van der Waals surface area contributed by atoms with E-state index in [0.717, 1.165) is 33.1 Å². The number of thioether (sulfide) groups is 1. The molecule has 2 heterocycles. The van der Waals surface area contributed by atoms with Crippen LogP contribution in [0.15, 0.2) is 102 Å². The minimum atomic E-state index is -0.000591. The number of nitrogens with zero attached hydrogens (tertiary/aromatic N) is 5. The van der Waals surface area contributed by atoms with Gasteiger partial charge >= 0.3 is 0 Å². The fourth-order valence-corrected chi connectivity index (χ4v) is 4.59. The van der Waals surface area contributed by atoms with Crippen molar-refractivity contribution >= 4 is 34.4 Å². The highest BCUT2D eigenvalue weighted by Crippen LogP contribution is 2.27. The van der Waals surface area contributed by atoms with Crippen LogP contribution in [0.2, 0.25) is 0 Å². The van der Waals surface area contributed by atoms with Crippen LogP contribution in [-0.4, -0.2) is 38.5 Å². The number of methoxy groups -OCH3 is 1. The van der Waals surface area contributed by atoms with Gasteiger partial charge in [0, 0.05) is 5.69 Å². The summed E-state index contributed by atoms with van der Waals surface area (Å²) in [5.41, 5.74) is 3.48. The minimum Gasteiger partial charge on any atom is -0.497 e. The van der Waals surface area contributed by atoms with Crippen LogP contribution in [0.3, 0.4) is 0 Å². The van der Waals surface area contributed by atoms with Crippen molar-refractivity contribution in [2.24, 2.45) is 0 Å². The van der Waals surface area contributed by atoms with Gasteiger partial charge in [0.1, 0.15) is 17.1 Å². The number of para-hydroxylation sites is 1. The molecule has 0 aliphatic rings. The Kier molecular flexibility index (Phi) is 6.72. The van der Waals surface area contributed by atoms with Crippen molar-refractivity contribution in [3.8, 4) is 11.4 Å². The number of hydrogen-bond donors (Lipinski definition) is 0. The first kappa shape index (κ1) is 22.6. The predicted octanol–water partition coefficient (Wildman–Crippen LogP) is 5.15. The third-order valence-corrected chi connectivity index (χ3v) is 6.52. The molecule has 8 heteroatoms. The molecule has 35 heavy (non-hydrogen) atoms. The van der Waals surface area contributed by atoms with Crippen molar-refractivity contribution in [3.63, 3.8) is 0 Å². The number of amides is 1. The molecule has 0 saturated heterocycles. The van der Waals surface area contributed by atoms with Crippen molar-refractivity contribution in [2.75, 3.05) is 17.8 Å². The number of anilines is 1. The average molecular weight is 482 g/mol. The number of rotatable bonds is 8. The molecule has 5 aromatic rings. The van der Waals surface area contributed by atoms with Gasteiger partial charge in [-0.25, -0.2) is 14.6 Å². The highest BCUT2D eigenvalue weighted by atomic mass is 32.2. The Labute approximate surface area is 207 Å². The number of benzene rings is 3. The van der Waals surface area contributed by atoms with Gasteiger partial charge in [0.05, 0.1) is 36.7 Å². The van der Waals surface area contributed by atoms with Gasteiger partial charge in [0.25, 0.3) is 0 Å². The predicted molar refractivity (Wildman–Crippen MR) is 138 cm³/mol. The van der Waals surface area contributed by atoms with E-state index in [0.29, 0.717) is 12.2 Å². The van der Waals surface area contributed by atoms with Crippen molar-refractivity contribution in [2.45, 2.75) is 11.6 Å². The zero-order chi connectivity index (χ0) is 24.0. The van der Waals surface area contributed by atoms with E-state index in [1.165, 1.54) is 18.1 Å². The normalized spacial score (nSPS) is 10.9. The molecule has 2 aromatic heterocycles. The Morgan fingerprint density at radius 2 is 1.66 bits per heavy atom. The third kappa shape index (κ3) is 5.02. The molecular formula is C27H23N5O2S. The lowest BCUT2D eigenvalue weighted by molar-refractivity contribution is -0.116. The average Bonchev–Trinajstić information content (AvgIpc) is 3.36. The second kappa shape index (κ2) is 10.4. The number of fused-ring (bicyclic) bond motifs is 1. The van der Waals surface area contributed by atoms with Gasteiger partial charge in [-0.15, -0.1) is 0 Å². The molecule has 0 bridgehead atoms. The molecular weight excluding hydrogens is 458 g/mol. The fraction of sp³-hybridized carbons (Fsp3) is 0.111. The zero-order valence-corrected chi connectivity index (χ0v) is 19.9. The molecule has 0 aliphatic carbocycles. The summed E-state index contributed by atoms with van der Waals surface area (Å²) in [4.78, 5) is 24.1. The molecule has 0 spiro atoms. The molecule has 0 radical (unpaired) electrons. The SMILES string of the molecule is COc1ccc(-n2ncc3c(SCC(=O)N(Cc4ccccc4)c4ccccc4)ncnc32)cc1. The Morgan fingerprint density at radius 1 is 0.943 bits per heavy atom.